The number of benzene rings is 1. The van der Waals surface area contributed by atoms with Crippen LogP contribution in [0.5, 0.6) is 5.75 Å². The molecule has 0 aliphatic heterocycles. The highest BCUT2D eigenvalue weighted by atomic mass is 19.1. The van der Waals surface area contributed by atoms with Gasteiger partial charge in [0.05, 0.1) is 19.1 Å². The summed E-state index contributed by atoms with van der Waals surface area (Å²) >= 11 is 0. The maximum Gasteiger partial charge on any atom is 0.123 e. The van der Waals surface area contributed by atoms with E-state index in [1.165, 1.54) is 13.8 Å². The first-order chi connectivity index (χ1) is 7.53. The second kappa shape index (κ2) is 5.50. The zero-order valence-electron chi connectivity index (χ0n) is 9.66. The van der Waals surface area contributed by atoms with Crippen molar-refractivity contribution in [3.05, 3.63) is 29.8 Å². The van der Waals surface area contributed by atoms with Crippen LogP contribution in [-0.4, -0.2) is 12.3 Å². The van der Waals surface area contributed by atoms with E-state index in [0.29, 0.717) is 25.2 Å². The fraction of sp³-hybridized carbons (Fsp3) is 0.462. The smallest absolute Gasteiger partial charge is 0.123 e. The Morgan fingerprint density at radius 3 is 2.69 bits per heavy atom. The van der Waals surface area contributed by atoms with Gasteiger partial charge in [-0.3, -0.25) is 0 Å². The first-order valence-electron chi connectivity index (χ1n) is 5.29. The summed E-state index contributed by atoms with van der Waals surface area (Å²) in [5.41, 5.74) is -0.369. The molecular formula is C13H16FNO. The molecule has 0 aliphatic carbocycles. The van der Waals surface area contributed by atoms with Gasteiger partial charge in [-0.05, 0) is 19.9 Å². The van der Waals surface area contributed by atoms with Gasteiger partial charge in [-0.25, -0.2) is 4.39 Å². The van der Waals surface area contributed by atoms with Crippen molar-refractivity contribution in [2.75, 3.05) is 6.61 Å². The van der Waals surface area contributed by atoms with Crippen LogP contribution in [0.15, 0.2) is 24.3 Å². The van der Waals surface area contributed by atoms with Crippen molar-refractivity contribution in [2.45, 2.75) is 32.4 Å². The van der Waals surface area contributed by atoms with Gasteiger partial charge in [-0.1, -0.05) is 18.2 Å². The zero-order chi connectivity index (χ0) is 12.0. The molecule has 1 rings (SSSR count). The predicted molar refractivity (Wildman–Crippen MR) is 61.1 cm³/mol. The third-order valence-corrected chi connectivity index (χ3v) is 2.20. The lowest BCUT2D eigenvalue weighted by molar-refractivity contribution is 0.160. The number of ether oxygens (including phenoxy) is 1. The number of halogens is 1. The minimum atomic E-state index is -1.22. The molecule has 16 heavy (non-hydrogen) atoms. The van der Waals surface area contributed by atoms with Crippen LogP contribution in [-0.2, 0) is 6.42 Å². The topological polar surface area (TPSA) is 33.0 Å². The number of nitriles is 1. The molecule has 0 radical (unpaired) electrons. The SMILES string of the molecule is CC(C)(F)CCOc1ccccc1CC#N. The maximum atomic E-state index is 13.2. The first kappa shape index (κ1) is 12.5. The van der Waals surface area contributed by atoms with Crippen molar-refractivity contribution in [1.82, 2.24) is 0 Å². The van der Waals surface area contributed by atoms with E-state index in [-0.39, 0.29) is 0 Å². The van der Waals surface area contributed by atoms with Crippen LogP contribution in [0.25, 0.3) is 0 Å². The van der Waals surface area contributed by atoms with E-state index in [1.807, 2.05) is 18.2 Å². The van der Waals surface area contributed by atoms with Crippen LogP contribution in [0.3, 0.4) is 0 Å². The summed E-state index contributed by atoms with van der Waals surface area (Å²) in [6.45, 7) is 3.38. The molecular weight excluding hydrogens is 205 g/mol. The fourth-order valence-corrected chi connectivity index (χ4v) is 1.28. The Labute approximate surface area is 95.7 Å². The van der Waals surface area contributed by atoms with E-state index in [4.69, 9.17) is 10.00 Å². The van der Waals surface area contributed by atoms with Crippen molar-refractivity contribution in [3.63, 3.8) is 0 Å². The zero-order valence-corrected chi connectivity index (χ0v) is 9.66. The number of rotatable bonds is 5. The molecule has 86 valence electrons. The Bertz CT molecular complexity index is 376. The number of para-hydroxylation sites is 1. The molecule has 0 saturated heterocycles. The highest BCUT2D eigenvalue weighted by Gasteiger charge is 2.15. The van der Waals surface area contributed by atoms with Gasteiger partial charge < -0.3 is 4.74 Å². The molecule has 0 aliphatic rings. The minimum Gasteiger partial charge on any atom is -0.493 e. The minimum absolute atomic E-state index is 0.315. The van der Waals surface area contributed by atoms with E-state index < -0.39 is 5.67 Å². The van der Waals surface area contributed by atoms with E-state index in [1.54, 1.807) is 6.07 Å². The number of hydrogen-bond acceptors (Lipinski definition) is 2. The molecule has 1 aromatic rings. The van der Waals surface area contributed by atoms with Crippen LogP contribution < -0.4 is 4.74 Å². The monoisotopic (exact) mass is 221 g/mol. The molecule has 0 heterocycles. The summed E-state index contributed by atoms with van der Waals surface area (Å²) in [6, 6.07) is 9.43. The quantitative estimate of drug-likeness (QED) is 0.764. The van der Waals surface area contributed by atoms with E-state index in [2.05, 4.69) is 6.07 Å². The van der Waals surface area contributed by atoms with Gasteiger partial charge in [-0.15, -0.1) is 0 Å². The third-order valence-electron chi connectivity index (χ3n) is 2.20. The lowest BCUT2D eigenvalue weighted by Crippen LogP contribution is -2.16. The summed E-state index contributed by atoms with van der Waals surface area (Å²) in [4.78, 5) is 0. The van der Waals surface area contributed by atoms with Gasteiger partial charge in [0.2, 0.25) is 0 Å². The molecule has 3 heteroatoms. The van der Waals surface area contributed by atoms with Crippen LogP contribution in [0.1, 0.15) is 25.8 Å². The van der Waals surface area contributed by atoms with Crippen LogP contribution in [0.4, 0.5) is 4.39 Å². The van der Waals surface area contributed by atoms with Gasteiger partial charge in [-0.2, -0.15) is 5.26 Å². The summed E-state index contributed by atoms with van der Waals surface area (Å²) in [6.07, 6.45) is 0.656. The van der Waals surface area contributed by atoms with Gasteiger partial charge in [0.25, 0.3) is 0 Å². The molecule has 0 saturated carbocycles. The first-order valence-corrected chi connectivity index (χ1v) is 5.29. The molecule has 0 bridgehead atoms. The average molecular weight is 221 g/mol. The molecule has 0 spiro atoms. The van der Waals surface area contributed by atoms with Gasteiger partial charge in [0, 0.05) is 12.0 Å². The van der Waals surface area contributed by atoms with Gasteiger partial charge >= 0.3 is 0 Å². The third kappa shape index (κ3) is 4.31. The highest BCUT2D eigenvalue weighted by molar-refractivity contribution is 5.35. The van der Waals surface area contributed by atoms with Crippen molar-refractivity contribution < 1.29 is 9.13 Å². The molecule has 0 unspecified atom stereocenters. The molecule has 0 aromatic heterocycles. The maximum absolute atomic E-state index is 13.2. The molecule has 0 atom stereocenters. The second-order valence-corrected chi connectivity index (χ2v) is 4.26. The summed E-state index contributed by atoms with van der Waals surface area (Å²) in [5, 5.41) is 8.63. The Kier molecular flexibility index (Phi) is 4.30. The number of nitrogens with zero attached hydrogens (tertiary/aromatic N) is 1. The lowest BCUT2D eigenvalue weighted by atomic mass is 10.1. The van der Waals surface area contributed by atoms with Crippen LogP contribution >= 0.6 is 0 Å². The Morgan fingerprint density at radius 1 is 1.38 bits per heavy atom. The second-order valence-electron chi connectivity index (χ2n) is 4.26. The fourth-order valence-electron chi connectivity index (χ4n) is 1.28. The molecule has 2 nitrogen and oxygen atoms in total. The number of alkyl halides is 1. The largest absolute Gasteiger partial charge is 0.493 e. The predicted octanol–water partition coefficient (Wildman–Crippen LogP) is 3.27. The Hall–Kier alpha value is -1.56. The van der Waals surface area contributed by atoms with Crippen LogP contribution in [0.2, 0.25) is 0 Å². The van der Waals surface area contributed by atoms with Crippen molar-refractivity contribution in [3.8, 4) is 11.8 Å². The summed E-state index contributed by atoms with van der Waals surface area (Å²) in [7, 11) is 0. The van der Waals surface area contributed by atoms with Crippen molar-refractivity contribution in [2.24, 2.45) is 0 Å². The van der Waals surface area contributed by atoms with Gasteiger partial charge in [0.1, 0.15) is 11.4 Å². The van der Waals surface area contributed by atoms with Crippen molar-refractivity contribution >= 4 is 0 Å². The molecule has 0 amide bonds. The van der Waals surface area contributed by atoms with E-state index in [0.717, 1.165) is 5.56 Å². The Morgan fingerprint density at radius 2 is 2.06 bits per heavy atom. The lowest BCUT2D eigenvalue weighted by Gasteiger charge is -2.15. The standard InChI is InChI=1S/C13H16FNO/c1-13(2,14)8-10-16-12-6-4-3-5-11(12)7-9-15/h3-6H,7-8,10H2,1-2H3. The average Bonchev–Trinajstić information content (AvgIpc) is 2.19. The summed E-state index contributed by atoms with van der Waals surface area (Å²) < 4.78 is 18.7. The molecule has 1 aromatic carbocycles. The molecule has 0 fully saturated rings. The van der Waals surface area contributed by atoms with Crippen molar-refractivity contribution in [1.29, 1.82) is 5.26 Å². The highest BCUT2D eigenvalue weighted by Crippen LogP contribution is 2.20. The Balaban J connectivity index is 2.57. The van der Waals surface area contributed by atoms with E-state index >= 15 is 0 Å². The summed E-state index contributed by atoms with van der Waals surface area (Å²) in [5.74, 6) is 0.674. The number of hydrogen-bond donors (Lipinski definition) is 0. The van der Waals surface area contributed by atoms with E-state index in [9.17, 15) is 4.39 Å². The molecule has 0 N–H and O–H groups in total. The van der Waals surface area contributed by atoms with Gasteiger partial charge in [0.15, 0.2) is 0 Å². The van der Waals surface area contributed by atoms with Crippen LogP contribution in [0, 0.1) is 11.3 Å². The normalized spacial score (nSPS) is 10.9.